The zero-order valence-corrected chi connectivity index (χ0v) is 13.9. The summed E-state index contributed by atoms with van der Waals surface area (Å²) in [6.07, 6.45) is 0.144. The molecule has 22 heavy (non-hydrogen) atoms. The fourth-order valence-corrected chi connectivity index (χ4v) is 2.04. The zero-order chi connectivity index (χ0) is 16.5. The smallest absolute Gasteiger partial charge is 0.410 e. The van der Waals surface area contributed by atoms with Gasteiger partial charge < -0.3 is 14.8 Å². The van der Waals surface area contributed by atoms with E-state index in [4.69, 9.17) is 21.1 Å². The third-order valence-corrected chi connectivity index (χ3v) is 3.25. The molecular weight excluding hydrogens is 306 g/mol. The molecule has 0 radical (unpaired) electrons. The van der Waals surface area contributed by atoms with Crippen molar-refractivity contribution >= 4 is 23.7 Å². The van der Waals surface area contributed by atoms with Crippen LogP contribution in [0, 0.1) is 0 Å². The number of nitrogens with one attached hydrogen (secondary N) is 1. The molecule has 6 heteroatoms. The second kappa shape index (κ2) is 9.30. The highest BCUT2D eigenvalue weighted by atomic mass is 35.5. The van der Waals surface area contributed by atoms with Gasteiger partial charge in [-0.2, -0.15) is 0 Å². The van der Waals surface area contributed by atoms with Crippen LogP contribution < -0.4 is 5.32 Å². The van der Waals surface area contributed by atoms with Crippen LogP contribution in [-0.2, 0) is 14.3 Å². The normalized spacial score (nSPS) is 13.1. The van der Waals surface area contributed by atoms with Crippen molar-refractivity contribution in [3.8, 4) is 0 Å². The highest BCUT2D eigenvalue weighted by Crippen LogP contribution is 2.19. The van der Waals surface area contributed by atoms with E-state index < -0.39 is 12.4 Å². The van der Waals surface area contributed by atoms with Crippen LogP contribution in [0.4, 0.5) is 4.79 Å². The minimum atomic E-state index is -0.915. The first-order chi connectivity index (χ1) is 10.5. The summed E-state index contributed by atoms with van der Waals surface area (Å²) in [4.78, 5) is 23.2. The van der Waals surface area contributed by atoms with Crippen molar-refractivity contribution in [3.63, 3.8) is 0 Å². The zero-order valence-electron chi connectivity index (χ0n) is 13.1. The minimum absolute atomic E-state index is 0.191. The van der Waals surface area contributed by atoms with E-state index in [2.05, 4.69) is 5.32 Å². The summed E-state index contributed by atoms with van der Waals surface area (Å²) in [5.74, 6) is -0.382. The summed E-state index contributed by atoms with van der Waals surface area (Å²) in [6.45, 7) is 5.33. The first-order valence-corrected chi connectivity index (χ1v) is 7.76. The number of carbonyl (C=O) groups is 2. The first kappa shape index (κ1) is 18.3. The number of carbonyl (C=O) groups excluding carboxylic acids is 2. The molecule has 1 amide bonds. The Labute approximate surface area is 135 Å². The summed E-state index contributed by atoms with van der Waals surface area (Å²) in [5.41, 5.74) is 0.930. The molecule has 0 fully saturated rings. The molecule has 0 spiro atoms. The molecule has 0 heterocycles. The van der Waals surface area contributed by atoms with E-state index in [0.29, 0.717) is 24.3 Å². The Morgan fingerprint density at radius 1 is 1.18 bits per heavy atom. The minimum Gasteiger partial charge on any atom is -0.425 e. The Morgan fingerprint density at radius 2 is 1.82 bits per heavy atom. The van der Waals surface area contributed by atoms with Gasteiger partial charge in [0.05, 0.1) is 6.04 Å². The van der Waals surface area contributed by atoms with E-state index in [0.717, 1.165) is 5.56 Å². The number of hydrogen-bond acceptors (Lipinski definition) is 4. The van der Waals surface area contributed by atoms with Gasteiger partial charge in [0.25, 0.3) is 0 Å². The standard InChI is InChI=1S/C16H22ClNO4/c1-4-6-15(19)21-11(3)22-16(20)18-14(5-2)12-7-9-13(17)10-8-12/h7-11,14H,4-6H2,1-3H3,(H,18,20). The van der Waals surface area contributed by atoms with Gasteiger partial charge in [-0.15, -0.1) is 0 Å². The number of ether oxygens (including phenoxy) is 2. The molecule has 0 bridgehead atoms. The highest BCUT2D eigenvalue weighted by molar-refractivity contribution is 6.30. The summed E-state index contributed by atoms with van der Waals surface area (Å²) in [7, 11) is 0. The molecule has 5 nitrogen and oxygen atoms in total. The molecule has 1 aromatic rings. The second-order valence-electron chi connectivity index (χ2n) is 4.87. The van der Waals surface area contributed by atoms with Gasteiger partial charge in [-0.05, 0) is 30.5 Å². The van der Waals surface area contributed by atoms with Gasteiger partial charge in [-0.3, -0.25) is 4.79 Å². The average molecular weight is 328 g/mol. The van der Waals surface area contributed by atoms with Crippen LogP contribution in [0.15, 0.2) is 24.3 Å². The average Bonchev–Trinajstić information content (AvgIpc) is 2.45. The largest absolute Gasteiger partial charge is 0.425 e. The summed E-state index contributed by atoms with van der Waals surface area (Å²) >= 11 is 5.85. The van der Waals surface area contributed by atoms with Crippen molar-refractivity contribution in [2.24, 2.45) is 0 Å². The molecule has 2 unspecified atom stereocenters. The molecule has 2 atom stereocenters. The van der Waals surface area contributed by atoms with Crippen molar-refractivity contribution in [1.29, 1.82) is 0 Å². The van der Waals surface area contributed by atoms with Gasteiger partial charge in [-0.25, -0.2) is 4.79 Å². The van der Waals surface area contributed by atoms with E-state index in [1.165, 1.54) is 6.92 Å². The van der Waals surface area contributed by atoms with Crippen molar-refractivity contribution < 1.29 is 19.1 Å². The van der Waals surface area contributed by atoms with E-state index in [1.54, 1.807) is 12.1 Å². The topological polar surface area (TPSA) is 64.6 Å². The Morgan fingerprint density at radius 3 is 2.36 bits per heavy atom. The monoisotopic (exact) mass is 327 g/mol. The fourth-order valence-electron chi connectivity index (χ4n) is 1.92. The molecule has 0 aliphatic carbocycles. The number of esters is 1. The predicted octanol–water partition coefficient (Wildman–Crippen LogP) is 4.21. The lowest BCUT2D eigenvalue weighted by Crippen LogP contribution is -2.32. The van der Waals surface area contributed by atoms with E-state index in [9.17, 15) is 9.59 Å². The molecular formula is C16H22ClNO4. The van der Waals surface area contributed by atoms with Crippen molar-refractivity contribution in [2.45, 2.75) is 52.4 Å². The van der Waals surface area contributed by atoms with Crippen LogP contribution in [0.5, 0.6) is 0 Å². The summed E-state index contributed by atoms with van der Waals surface area (Å²) in [5, 5.41) is 3.38. The Bertz CT molecular complexity index is 489. The molecule has 122 valence electrons. The lowest BCUT2D eigenvalue weighted by molar-refractivity contribution is -0.164. The molecule has 0 aromatic heterocycles. The Kier molecular flexibility index (Phi) is 7.74. The van der Waals surface area contributed by atoms with Crippen LogP contribution in [0.3, 0.4) is 0 Å². The molecule has 0 aliphatic heterocycles. The number of amides is 1. The van der Waals surface area contributed by atoms with Gasteiger partial charge >= 0.3 is 12.1 Å². The number of hydrogen-bond donors (Lipinski definition) is 1. The van der Waals surface area contributed by atoms with Gasteiger partial charge in [0.2, 0.25) is 6.29 Å². The van der Waals surface area contributed by atoms with E-state index in [-0.39, 0.29) is 12.0 Å². The first-order valence-electron chi connectivity index (χ1n) is 7.38. The lowest BCUT2D eigenvalue weighted by atomic mass is 10.1. The Hall–Kier alpha value is -1.75. The van der Waals surface area contributed by atoms with Crippen molar-refractivity contribution in [3.05, 3.63) is 34.9 Å². The number of benzene rings is 1. The molecule has 0 saturated heterocycles. The summed E-state index contributed by atoms with van der Waals surface area (Å²) in [6, 6.07) is 7.04. The van der Waals surface area contributed by atoms with Crippen LogP contribution in [0.1, 0.15) is 51.6 Å². The van der Waals surface area contributed by atoms with Crippen LogP contribution in [0.2, 0.25) is 5.02 Å². The Balaban J connectivity index is 2.51. The van der Waals surface area contributed by atoms with Crippen molar-refractivity contribution in [2.75, 3.05) is 0 Å². The van der Waals surface area contributed by atoms with Crippen LogP contribution >= 0.6 is 11.6 Å². The molecule has 1 rings (SSSR count). The second-order valence-corrected chi connectivity index (χ2v) is 5.31. The molecule has 0 saturated carbocycles. The molecule has 1 aromatic carbocycles. The van der Waals surface area contributed by atoms with E-state index in [1.807, 2.05) is 26.0 Å². The van der Waals surface area contributed by atoms with Gasteiger partial charge in [0.1, 0.15) is 0 Å². The third-order valence-electron chi connectivity index (χ3n) is 3.00. The van der Waals surface area contributed by atoms with Gasteiger partial charge in [0.15, 0.2) is 0 Å². The van der Waals surface area contributed by atoms with Gasteiger partial charge in [0, 0.05) is 18.4 Å². The maximum Gasteiger partial charge on any atom is 0.410 e. The molecule has 1 N–H and O–H groups in total. The maximum atomic E-state index is 11.9. The quantitative estimate of drug-likeness (QED) is 0.602. The summed E-state index contributed by atoms with van der Waals surface area (Å²) < 4.78 is 9.98. The SMILES string of the molecule is CCCC(=O)OC(C)OC(=O)NC(CC)c1ccc(Cl)cc1. The van der Waals surface area contributed by atoms with E-state index >= 15 is 0 Å². The number of alkyl carbamates (subject to hydrolysis) is 1. The third kappa shape index (κ3) is 6.35. The van der Waals surface area contributed by atoms with Crippen molar-refractivity contribution in [1.82, 2.24) is 5.32 Å². The van der Waals surface area contributed by atoms with Crippen LogP contribution in [-0.4, -0.2) is 18.4 Å². The van der Waals surface area contributed by atoms with Gasteiger partial charge in [-0.1, -0.05) is 37.6 Å². The van der Waals surface area contributed by atoms with Crippen LogP contribution in [0.25, 0.3) is 0 Å². The number of halogens is 1. The predicted molar refractivity (Wildman–Crippen MR) is 84.6 cm³/mol. The fraction of sp³-hybridized carbons (Fsp3) is 0.500. The maximum absolute atomic E-state index is 11.9. The molecule has 0 aliphatic rings. The highest BCUT2D eigenvalue weighted by Gasteiger charge is 2.17. The number of rotatable bonds is 7. The lowest BCUT2D eigenvalue weighted by Gasteiger charge is -2.19.